The smallest absolute Gasteiger partial charge is 0.325 e. The second kappa shape index (κ2) is 6.07. The number of halogens is 1. The van der Waals surface area contributed by atoms with Crippen molar-refractivity contribution in [1.82, 2.24) is 19.6 Å². The maximum Gasteiger partial charge on any atom is 0.325 e. The van der Waals surface area contributed by atoms with Gasteiger partial charge in [0.1, 0.15) is 0 Å². The van der Waals surface area contributed by atoms with E-state index in [1.54, 1.807) is 0 Å². The van der Waals surface area contributed by atoms with Crippen LogP contribution in [0.15, 0.2) is 4.40 Å². The van der Waals surface area contributed by atoms with E-state index in [0.29, 0.717) is 0 Å². The first kappa shape index (κ1) is 16.9. The van der Waals surface area contributed by atoms with Gasteiger partial charge in [0.25, 0.3) is 5.91 Å². The van der Waals surface area contributed by atoms with Crippen LogP contribution in [0.3, 0.4) is 0 Å². The summed E-state index contributed by atoms with van der Waals surface area (Å²) in [5.41, 5.74) is 15.8. The molecule has 0 aromatic carbocycles. The second-order valence-corrected chi connectivity index (χ2v) is 5.99. The predicted molar refractivity (Wildman–Crippen MR) is 77.6 cm³/mol. The van der Waals surface area contributed by atoms with E-state index in [0.717, 1.165) is 4.31 Å². The van der Waals surface area contributed by atoms with Crippen LogP contribution in [0.1, 0.15) is 10.5 Å². The number of anilines is 2. The molecule has 1 heterocycles. The molecule has 1 aromatic rings. The Labute approximate surface area is 125 Å². The molecular weight excluding hydrogens is 324 g/mol. The number of carbonyl (C=O) groups excluding carboxylic acids is 1. The minimum absolute atomic E-state index is 0.150. The Morgan fingerprint density at radius 2 is 1.86 bits per heavy atom. The van der Waals surface area contributed by atoms with Gasteiger partial charge in [-0.1, -0.05) is 11.6 Å². The summed E-state index contributed by atoms with van der Waals surface area (Å²) in [7, 11) is -1.49. The fourth-order valence-corrected chi connectivity index (χ4v) is 1.60. The Morgan fingerprint density at radius 3 is 2.38 bits per heavy atom. The van der Waals surface area contributed by atoms with Gasteiger partial charge < -0.3 is 17.2 Å². The Hall–Kier alpha value is -2.18. The summed E-state index contributed by atoms with van der Waals surface area (Å²) in [6, 6.07) is 0. The molecule has 0 aliphatic carbocycles. The molecule has 13 heteroatoms. The summed E-state index contributed by atoms with van der Waals surface area (Å²) in [6.45, 7) is 0. The number of nitrogens with zero attached hydrogens (tertiary/aromatic N) is 4. The average molecular weight is 337 g/mol. The zero-order valence-electron chi connectivity index (χ0n) is 11.0. The highest BCUT2D eigenvalue weighted by atomic mass is 35.5. The largest absolute Gasteiger partial charge is 0.382 e. The molecule has 116 valence electrons. The molecule has 0 bridgehead atoms. The van der Waals surface area contributed by atoms with Gasteiger partial charge in [-0.15, -0.1) is 4.40 Å². The van der Waals surface area contributed by atoms with Gasteiger partial charge in [-0.25, -0.2) is 9.97 Å². The number of carbonyl (C=O) groups is 1. The van der Waals surface area contributed by atoms with E-state index in [4.69, 9.17) is 28.8 Å². The molecule has 1 rings (SSSR count). The molecule has 0 saturated carbocycles. The normalized spacial score (nSPS) is 12.5. The highest BCUT2D eigenvalue weighted by Gasteiger charge is 2.18. The minimum Gasteiger partial charge on any atom is -0.382 e. The predicted octanol–water partition coefficient (Wildman–Crippen LogP) is -1.85. The molecule has 0 radical (unpaired) electrons. The summed E-state index contributed by atoms with van der Waals surface area (Å²) < 4.78 is 26.8. The van der Waals surface area contributed by atoms with E-state index < -0.39 is 22.1 Å². The highest BCUT2D eigenvalue weighted by Crippen LogP contribution is 2.17. The van der Waals surface area contributed by atoms with Gasteiger partial charge in [0, 0.05) is 14.1 Å². The fourth-order valence-electron chi connectivity index (χ4n) is 1.01. The summed E-state index contributed by atoms with van der Waals surface area (Å²) in [5.74, 6) is -2.04. The first-order valence-electron chi connectivity index (χ1n) is 5.22. The van der Waals surface area contributed by atoms with Crippen molar-refractivity contribution in [1.29, 1.82) is 0 Å². The lowest BCUT2D eigenvalue weighted by Gasteiger charge is -2.09. The van der Waals surface area contributed by atoms with Crippen molar-refractivity contribution in [3.05, 3.63) is 10.8 Å². The molecule has 0 aliphatic heterocycles. The van der Waals surface area contributed by atoms with Gasteiger partial charge in [0.2, 0.25) is 5.96 Å². The summed E-state index contributed by atoms with van der Waals surface area (Å²) in [6.07, 6.45) is 0. The lowest BCUT2D eigenvalue weighted by molar-refractivity contribution is 0.0972. The van der Waals surface area contributed by atoms with Gasteiger partial charge in [-0.05, 0) is 0 Å². The second-order valence-electron chi connectivity index (χ2n) is 3.82. The number of nitrogen functional groups attached to an aromatic ring is 2. The third-order valence-corrected chi connectivity index (χ3v) is 3.67. The van der Waals surface area contributed by atoms with Gasteiger partial charge in [-0.2, -0.15) is 12.7 Å². The quantitative estimate of drug-likeness (QED) is 0.366. The maximum absolute atomic E-state index is 11.8. The van der Waals surface area contributed by atoms with E-state index in [-0.39, 0.29) is 22.5 Å². The Balaban J connectivity index is 3.02. The number of rotatable bonds is 3. The zero-order valence-corrected chi connectivity index (χ0v) is 12.6. The third-order valence-electron chi connectivity index (χ3n) is 2.04. The molecule has 0 saturated heterocycles. The SMILES string of the molecule is CN(C)S(=O)(=O)N=C(N)NC(=O)c1nc(Cl)c(N)nc1N. The molecule has 0 spiro atoms. The molecule has 11 nitrogen and oxygen atoms in total. The van der Waals surface area contributed by atoms with Gasteiger partial charge >= 0.3 is 10.2 Å². The number of hydrogen-bond acceptors (Lipinski definition) is 7. The van der Waals surface area contributed by atoms with Crippen LogP contribution in [0.4, 0.5) is 11.6 Å². The van der Waals surface area contributed by atoms with Crippen molar-refractivity contribution >= 4 is 45.3 Å². The molecule has 0 aliphatic rings. The van der Waals surface area contributed by atoms with Crippen molar-refractivity contribution < 1.29 is 13.2 Å². The molecular formula is C8H13ClN8O3S. The van der Waals surface area contributed by atoms with E-state index >= 15 is 0 Å². The number of aromatic nitrogens is 2. The van der Waals surface area contributed by atoms with Crippen LogP contribution in [0.25, 0.3) is 0 Å². The van der Waals surface area contributed by atoms with Crippen molar-refractivity contribution in [2.45, 2.75) is 0 Å². The molecule has 1 aromatic heterocycles. The van der Waals surface area contributed by atoms with E-state index in [9.17, 15) is 13.2 Å². The third kappa shape index (κ3) is 4.14. The number of amides is 1. The van der Waals surface area contributed by atoms with Crippen LogP contribution in [0.2, 0.25) is 5.15 Å². The van der Waals surface area contributed by atoms with Gasteiger partial charge in [0.15, 0.2) is 22.5 Å². The number of nitrogens with two attached hydrogens (primary N) is 3. The standard InChI is InChI=1S/C8H13ClN8O3S/c1-17(2)21(19,20)16-8(12)15-7(18)3-5(10)14-6(11)4(9)13-3/h1-2H3,(H4,10,11,14)(H3,12,15,16,18). The van der Waals surface area contributed by atoms with Gasteiger partial charge in [-0.3, -0.25) is 10.1 Å². The summed E-state index contributed by atoms with van der Waals surface area (Å²) >= 11 is 5.62. The van der Waals surface area contributed by atoms with Crippen molar-refractivity contribution in [2.75, 3.05) is 25.6 Å². The van der Waals surface area contributed by atoms with E-state index in [1.165, 1.54) is 14.1 Å². The van der Waals surface area contributed by atoms with Crippen LogP contribution in [0.5, 0.6) is 0 Å². The minimum atomic E-state index is -3.98. The average Bonchev–Trinajstić information content (AvgIpc) is 2.32. The summed E-state index contributed by atoms with van der Waals surface area (Å²) in [4.78, 5) is 19.1. The molecule has 0 unspecified atom stereocenters. The maximum atomic E-state index is 11.8. The lowest BCUT2D eigenvalue weighted by atomic mass is 10.4. The van der Waals surface area contributed by atoms with E-state index in [2.05, 4.69) is 14.4 Å². The Kier molecular flexibility index (Phi) is 4.88. The van der Waals surface area contributed by atoms with Crippen molar-refractivity contribution in [3.8, 4) is 0 Å². The molecule has 0 atom stereocenters. The number of guanidine groups is 1. The van der Waals surface area contributed by atoms with Crippen molar-refractivity contribution in [2.24, 2.45) is 10.1 Å². The van der Waals surface area contributed by atoms with Crippen LogP contribution >= 0.6 is 11.6 Å². The summed E-state index contributed by atoms with van der Waals surface area (Å²) in [5, 5.41) is 1.76. The van der Waals surface area contributed by atoms with Crippen LogP contribution in [-0.2, 0) is 10.2 Å². The highest BCUT2D eigenvalue weighted by molar-refractivity contribution is 7.87. The number of nitrogens with one attached hydrogen (secondary N) is 1. The molecule has 0 fully saturated rings. The Morgan fingerprint density at radius 1 is 1.29 bits per heavy atom. The van der Waals surface area contributed by atoms with Crippen LogP contribution < -0.4 is 22.5 Å². The Bertz CT molecular complexity index is 702. The lowest BCUT2D eigenvalue weighted by Crippen LogP contribution is -2.39. The molecule has 21 heavy (non-hydrogen) atoms. The molecule has 7 N–H and O–H groups in total. The van der Waals surface area contributed by atoms with Gasteiger partial charge in [0.05, 0.1) is 0 Å². The van der Waals surface area contributed by atoms with Crippen molar-refractivity contribution in [3.63, 3.8) is 0 Å². The van der Waals surface area contributed by atoms with E-state index in [1.807, 2.05) is 5.32 Å². The first-order chi connectivity index (χ1) is 9.54. The number of hydrogen-bond donors (Lipinski definition) is 4. The fraction of sp³-hybridized carbons (Fsp3) is 0.250. The van der Waals surface area contributed by atoms with Crippen LogP contribution in [0, 0.1) is 0 Å². The monoisotopic (exact) mass is 336 g/mol. The topological polar surface area (TPSA) is 183 Å². The first-order valence-corrected chi connectivity index (χ1v) is 7.00. The van der Waals surface area contributed by atoms with Crippen LogP contribution in [-0.4, -0.2) is 48.7 Å². The zero-order chi connectivity index (χ0) is 16.4. The molecule has 1 amide bonds.